The van der Waals surface area contributed by atoms with Gasteiger partial charge in [0.2, 0.25) is 0 Å². The summed E-state index contributed by atoms with van der Waals surface area (Å²) in [6.07, 6.45) is 3.39. The van der Waals surface area contributed by atoms with E-state index in [1.54, 1.807) is 30.6 Å². The standard InChI is InChI=1S/C12H9N3/c13-7-9-3-1-5-11(14)12(9)10-4-2-6-15-8-10/h1-6,8H,14H2. The Bertz CT molecular complexity index is 512. The summed E-state index contributed by atoms with van der Waals surface area (Å²) >= 11 is 0. The van der Waals surface area contributed by atoms with Crippen LogP contribution in [0.5, 0.6) is 0 Å². The molecule has 1 heterocycles. The van der Waals surface area contributed by atoms with Gasteiger partial charge in [-0.3, -0.25) is 4.98 Å². The largest absolute Gasteiger partial charge is 0.398 e. The van der Waals surface area contributed by atoms with Crippen LogP contribution in [0.2, 0.25) is 0 Å². The van der Waals surface area contributed by atoms with Gasteiger partial charge in [-0.15, -0.1) is 0 Å². The molecule has 1 aromatic carbocycles. The fraction of sp³-hybridized carbons (Fsp3) is 0. The van der Waals surface area contributed by atoms with Crippen molar-refractivity contribution in [2.45, 2.75) is 0 Å². The molecule has 0 atom stereocenters. The summed E-state index contributed by atoms with van der Waals surface area (Å²) in [6.45, 7) is 0. The Balaban J connectivity index is 2.68. The van der Waals surface area contributed by atoms with E-state index in [1.807, 2.05) is 12.1 Å². The van der Waals surface area contributed by atoms with Crippen LogP contribution in [-0.2, 0) is 0 Å². The molecule has 0 saturated heterocycles. The van der Waals surface area contributed by atoms with Gasteiger partial charge in [-0.2, -0.15) is 5.26 Å². The molecule has 2 N–H and O–H groups in total. The van der Waals surface area contributed by atoms with E-state index in [4.69, 9.17) is 11.0 Å². The average Bonchev–Trinajstić information content (AvgIpc) is 2.29. The highest BCUT2D eigenvalue weighted by Gasteiger charge is 2.07. The van der Waals surface area contributed by atoms with Gasteiger partial charge in [-0.1, -0.05) is 12.1 Å². The third kappa shape index (κ3) is 1.65. The second kappa shape index (κ2) is 3.81. The predicted octanol–water partition coefficient (Wildman–Crippen LogP) is 2.20. The lowest BCUT2D eigenvalue weighted by Gasteiger charge is -2.06. The van der Waals surface area contributed by atoms with Gasteiger partial charge in [0, 0.05) is 29.2 Å². The number of nitrogen functional groups attached to an aromatic ring is 1. The van der Waals surface area contributed by atoms with E-state index in [1.165, 1.54) is 0 Å². The molecule has 72 valence electrons. The number of nitrogens with zero attached hydrogens (tertiary/aromatic N) is 2. The lowest BCUT2D eigenvalue weighted by atomic mass is 10.0. The molecule has 0 radical (unpaired) electrons. The summed E-state index contributed by atoms with van der Waals surface area (Å²) in [5.74, 6) is 0. The van der Waals surface area contributed by atoms with Crippen LogP contribution in [0.15, 0.2) is 42.7 Å². The summed E-state index contributed by atoms with van der Waals surface area (Å²) in [7, 11) is 0. The van der Waals surface area contributed by atoms with E-state index in [-0.39, 0.29) is 0 Å². The van der Waals surface area contributed by atoms with Gasteiger partial charge in [-0.25, -0.2) is 0 Å². The van der Waals surface area contributed by atoms with Crippen molar-refractivity contribution in [3.63, 3.8) is 0 Å². The minimum atomic E-state index is 0.572. The molecular weight excluding hydrogens is 186 g/mol. The Labute approximate surface area is 87.8 Å². The number of benzene rings is 1. The maximum atomic E-state index is 8.98. The minimum absolute atomic E-state index is 0.572. The fourth-order valence-corrected chi connectivity index (χ4v) is 1.50. The van der Waals surface area contributed by atoms with Gasteiger partial charge in [0.05, 0.1) is 11.6 Å². The molecule has 0 spiro atoms. The van der Waals surface area contributed by atoms with Gasteiger partial charge in [0.15, 0.2) is 0 Å². The third-order valence-electron chi connectivity index (χ3n) is 2.17. The zero-order chi connectivity index (χ0) is 10.7. The Hall–Kier alpha value is -2.34. The summed E-state index contributed by atoms with van der Waals surface area (Å²) in [6, 6.07) is 11.1. The molecule has 0 aliphatic heterocycles. The molecule has 0 saturated carbocycles. The van der Waals surface area contributed by atoms with Crippen molar-refractivity contribution in [3.05, 3.63) is 48.3 Å². The van der Waals surface area contributed by atoms with Crippen LogP contribution in [0, 0.1) is 11.3 Å². The van der Waals surface area contributed by atoms with Crippen LogP contribution in [0.1, 0.15) is 5.56 Å². The number of pyridine rings is 1. The van der Waals surface area contributed by atoms with Crippen molar-refractivity contribution < 1.29 is 0 Å². The average molecular weight is 195 g/mol. The third-order valence-corrected chi connectivity index (χ3v) is 2.17. The van der Waals surface area contributed by atoms with Gasteiger partial charge < -0.3 is 5.73 Å². The van der Waals surface area contributed by atoms with Crippen LogP contribution in [0.4, 0.5) is 5.69 Å². The molecule has 15 heavy (non-hydrogen) atoms. The van der Waals surface area contributed by atoms with E-state index in [2.05, 4.69) is 11.1 Å². The van der Waals surface area contributed by atoms with Crippen molar-refractivity contribution in [3.8, 4) is 17.2 Å². The number of rotatable bonds is 1. The van der Waals surface area contributed by atoms with Crippen molar-refractivity contribution in [2.75, 3.05) is 5.73 Å². The van der Waals surface area contributed by atoms with E-state index in [0.717, 1.165) is 11.1 Å². The number of aromatic nitrogens is 1. The number of nitrogens with two attached hydrogens (primary N) is 1. The normalized spacial score (nSPS) is 9.53. The molecule has 2 rings (SSSR count). The first-order valence-corrected chi connectivity index (χ1v) is 4.52. The number of nitriles is 1. The SMILES string of the molecule is N#Cc1cccc(N)c1-c1cccnc1. The molecule has 0 fully saturated rings. The van der Waals surface area contributed by atoms with Gasteiger partial charge in [-0.05, 0) is 18.2 Å². The molecule has 0 bridgehead atoms. The number of hydrogen-bond donors (Lipinski definition) is 1. The molecular formula is C12H9N3. The van der Waals surface area contributed by atoms with Gasteiger partial charge >= 0.3 is 0 Å². The summed E-state index contributed by atoms with van der Waals surface area (Å²) < 4.78 is 0. The monoisotopic (exact) mass is 195 g/mol. The Morgan fingerprint density at radius 1 is 1.20 bits per heavy atom. The molecule has 2 aromatic rings. The second-order valence-electron chi connectivity index (χ2n) is 3.12. The lowest BCUT2D eigenvalue weighted by molar-refractivity contribution is 1.33. The van der Waals surface area contributed by atoms with Crippen molar-refractivity contribution in [1.82, 2.24) is 4.98 Å². The number of hydrogen-bond acceptors (Lipinski definition) is 3. The smallest absolute Gasteiger partial charge is 0.0998 e. The van der Waals surface area contributed by atoms with Crippen LogP contribution < -0.4 is 5.73 Å². The van der Waals surface area contributed by atoms with Gasteiger partial charge in [0.1, 0.15) is 0 Å². The molecule has 3 nitrogen and oxygen atoms in total. The molecule has 3 heteroatoms. The van der Waals surface area contributed by atoms with E-state index < -0.39 is 0 Å². The van der Waals surface area contributed by atoms with Gasteiger partial charge in [0.25, 0.3) is 0 Å². The molecule has 0 aliphatic carbocycles. The van der Waals surface area contributed by atoms with Crippen molar-refractivity contribution >= 4 is 5.69 Å². The Morgan fingerprint density at radius 3 is 2.73 bits per heavy atom. The number of anilines is 1. The quantitative estimate of drug-likeness (QED) is 0.709. The topological polar surface area (TPSA) is 62.7 Å². The summed E-state index contributed by atoms with van der Waals surface area (Å²) in [5.41, 5.74) is 8.65. The highest BCUT2D eigenvalue weighted by atomic mass is 14.6. The van der Waals surface area contributed by atoms with Crippen LogP contribution in [0.25, 0.3) is 11.1 Å². The highest BCUT2D eigenvalue weighted by Crippen LogP contribution is 2.28. The first kappa shape index (κ1) is 9.22. The zero-order valence-electron chi connectivity index (χ0n) is 8.01. The van der Waals surface area contributed by atoms with E-state index >= 15 is 0 Å². The van der Waals surface area contributed by atoms with Crippen molar-refractivity contribution in [2.24, 2.45) is 0 Å². The Morgan fingerprint density at radius 2 is 2.07 bits per heavy atom. The molecule has 0 aliphatic rings. The second-order valence-corrected chi connectivity index (χ2v) is 3.12. The highest BCUT2D eigenvalue weighted by molar-refractivity contribution is 5.81. The van der Waals surface area contributed by atoms with Crippen molar-refractivity contribution in [1.29, 1.82) is 5.26 Å². The predicted molar refractivity (Wildman–Crippen MR) is 58.8 cm³/mol. The first-order chi connectivity index (χ1) is 7.33. The van der Waals surface area contributed by atoms with E-state index in [0.29, 0.717) is 11.3 Å². The summed E-state index contributed by atoms with van der Waals surface area (Å²) in [4.78, 5) is 4.01. The van der Waals surface area contributed by atoms with Crippen LogP contribution in [-0.4, -0.2) is 4.98 Å². The summed E-state index contributed by atoms with van der Waals surface area (Å²) in [5, 5.41) is 8.98. The van der Waals surface area contributed by atoms with Crippen LogP contribution in [0.3, 0.4) is 0 Å². The molecule has 1 aromatic heterocycles. The Kier molecular flexibility index (Phi) is 2.34. The van der Waals surface area contributed by atoms with E-state index in [9.17, 15) is 0 Å². The maximum absolute atomic E-state index is 8.98. The minimum Gasteiger partial charge on any atom is -0.398 e. The zero-order valence-corrected chi connectivity index (χ0v) is 8.01. The maximum Gasteiger partial charge on any atom is 0.0998 e. The lowest BCUT2D eigenvalue weighted by Crippen LogP contribution is -1.93. The van der Waals surface area contributed by atoms with Crippen LogP contribution >= 0.6 is 0 Å². The fourth-order valence-electron chi connectivity index (χ4n) is 1.50. The first-order valence-electron chi connectivity index (χ1n) is 4.52. The molecule has 0 amide bonds. The molecule has 0 unspecified atom stereocenters.